The van der Waals surface area contributed by atoms with Gasteiger partial charge in [0, 0.05) is 0 Å². The number of allylic oxidation sites excluding steroid dienone is 1. The molecular formula is C10H11NO. The van der Waals surface area contributed by atoms with Gasteiger partial charge in [-0.3, -0.25) is 0 Å². The van der Waals surface area contributed by atoms with Crippen molar-refractivity contribution in [3.05, 3.63) is 41.5 Å². The van der Waals surface area contributed by atoms with Crippen molar-refractivity contribution in [1.82, 2.24) is 0 Å². The molecule has 0 amide bonds. The number of benzene rings is 1. The second-order valence-corrected chi connectivity index (χ2v) is 2.53. The summed E-state index contributed by atoms with van der Waals surface area (Å²) < 4.78 is 0. The number of rotatable bonds is 2. The van der Waals surface area contributed by atoms with Crippen molar-refractivity contribution in [2.24, 2.45) is 5.16 Å². The highest BCUT2D eigenvalue weighted by Gasteiger charge is 1.84. The number of hydrogen-bond donors (Lipinski definition) is 1. The van der Waals surface area contributed by atoms with E-state index in [2.05, 4.69) is 5.16 Å². The predicted octanol–water partition coefficient (Wildman–Crippen LogP) is 2.47. The summed E-state index contributed by atoms with van der Waals surface area (Å²) >= 11 is 0. The maximum Gasteiger partial charge on any atom is 0.0661 e. The minimum absolute atomic E-state index is 1.10. The molecule has 0 aliphatic carbocycles. The Bertz CT molecular complexity index is 285. The average Bonchev–Trinajstić information content (AvgIpc) is 2.09. The van der Waals surface area contributed by atoms with Gasteiger partial charge >= 0.3 is 0 Å². The summed E-state index contributed by atoms with van der Waals surface area (Å²) in [5.41, 5.74) is 2.34. The van der Waals surface area contributed by atoms with Gasteiger partial charge in [0.1, 0.15) is 0 Å². The summed E-state index contributed by atoms with van der Waals surface area (Å²) in [6.07, 6.45) is 4.89. The fourth-order valence-electron chi connectivity index (χ4n) is 0.870. The van der Waals surface area contributed by atoms with Gasteiger partial charge in [0.25, 0.3) is 0 Å². The lowest BCUT2D eigenvalue weighted by Crippen LogP contribution is -1.73. The van der Waals surface area contributed by atoms with Crippen molar-refractivity contribution in [3.63, 3.8) is 0 Å². The highest BCUT2D eigenvalue weighted by molar-refractivity contribution is 5.77. The van der Waals surface area contributed by atoms with Gasteiger partial charge in [-0.1, -0.05) is 41.1 Å². The minimum Gasteiger partial charge on any atom is -0.411 e. The van der Waals surface area contributed by atoms with Gasteiger partial charge in [0.2, 0.25) is 0 Å². The Morgan fingerprint density at radius 1 is 1.25 bits per heavy atom. The van der Waals surface area contributed by atoms with Crippen LogP contribution in [0.3, 0.4) is 0 Å². The normalized spacial score (nSPS) is 11.4. The molecule has 62 valence electrons. The van der Waals surface area contributed by atoms with Gasteiger partial charge in [0.05, 0.1) is 6.21 Å². The Labute approximate surface area is 71.8 Å². The highest BCUT2D eigenvalue weighted by atomic mass is 16.4. The molecule has 0 unspecified atom stereocenters. The largest absolute Gasteiger partial charge is 0.411 e. The van der Waals surface area contributed by atoms with Gasteiger partial charge < -0.3 is 5.21 Å². The Balaban J connectivity index is 2.70. The Morgan fingerprint density at radius 2 is 1.92 bits per heavy atom. The molecule has 0 radical (unpaired) electrons. The number of oxime groups is 1. The van der Waals surface area contributed by atoms with Crippen molar-refractivity contribution in [2.75, 3.05) is 0 Å². The molecule has 0 fully saturated rings. The zero-order chi connectivity index (χ0) is 8.81. The van der Waals surface area contributed by atoms with E-state index in [1.54, 1.807) is 6.08 Å². The summed E-state index contributed by atoms with van der Waals surface area (Å²) in [5, 5.41) is 11.0. The third-order valence-electron chi connectivity index (χ3n) is 1.52. The van der Waals surface area contributed by atoms with Crippen LogP contribution in [0.1, 0.15) is 11.1 Å². The molecule has 0 atom stereocenters. The molecule has 0 saturated heterocycles. The van der Waals surface area contributed by atoms with Gasteiger partial charge in [-0.05, 0) is 18.6 Å². The van der Waals surface area contributed by atoms with Gasteiger partial charge in [-0.25, -0.2) is 0 Å². The first-order valence-corrected chi connectivity index (χ1v) is 3.73. The second kappa shape index (κ2) is 4.34. The van der Waals surface area contributed by atoms with Crippen LogP contribution in [-0.4, -0.2) is 11.4 Å². The molecule has 2 heteroatoms. The first kappa shape index (κ1) is 8.53. The molecule has 0 aliphatic rings. The molecule has 0 spiro atoms. The van der Waals surface area contributed by atoms with E-state index in [1.807, 2.05) is 37.3 Å². The molecule has 1 N–H and O–H groups in total. The minimum atomic E-state index is 1.10. The van der Waals surface area contributed by atoms with Crippen molar-refractivity contribution in [1.29, 1.82) is 0 Å². The number of nitrogens with zero attached hydrogens (tertiary/aromatic N) is 1. The molecule has 0 heterocycles. The summed E-state index contributed by atoms with van der Waals surface area (Å²) in [5.74, 6) is 0. The monoisotopic (exact) mass is 161 g/mol. The van der Waals surface area contributed by atoms with E-state index in [9.17, 15) is 0 Å². The third kappa shape index (κ3) is 2.58. The van der Waals surface area contributed by atoms with Crippen LogP contribution < -0.4 is 0 Å². The summed E-state index contributed by atoms with van der Waals surface area (Å²) in [6, 6.07) is 8.10. The van der Waals surface area contributed by atoms with Crippen molar-refractivity contribution < 1.29 is 5.21 Å². The maximum absolute atomic E-state index is 8.11. The van der Waals surface area contributed by atoms with Crippen LogP contribution in [0, 0.1) is 6.92 Å². The van der Waals surface area contributed by atoms with E-state index >= 15 is 0 Å². The van der Waals surface area contributed by atoms with E-state index in [-0.39, 0.29) is 0 Å². The molecule has 1 aromatic rings. The van der Waals surface area contributed by atoms with Gasteiger partial charge in [-0.15, -0.1) is 0 Å². The van der Waals surface area contributed by atoms with E-state index in [0.717, 1.165) is 5.56 Å². The van der Waals surface area contributed by atoms with Gasteiger partial charge in [0.15, 0.2) is 0 Å². The van der Waals surface area contributed by atoms with Crippen molar-refractivity contribution in [3.8, 4) is 0 Å². The lowest BCUT2D eigenvalue weighted by Gasteiger charge is -1.92. The predicted molar refractivity (Wildman–Crippen MR) is 50.5 cm³/mol. The molecule has 0 aliphatic heterocycles. The number of hydrogen-bond acceptors (Lipinski definition) is 2. The molecule has 2 nitrogen and oxygen atoms in total. The van der Waals surface area contributed by atoms with Crippen LogP contribution in [0.4, 0.5) is 0 Å². The molecular weight excluding hydrogens is 150 g/mol. The van der Waals surface area contributed by atoms with E-state index < -0.39 is 0 Å². The molecule has 0 aromatic heterocycles. The van der Waals surface area contributed by atoms with E-state index in [4.69, 9.17) is 5.21 Å². The average molecular weight is 161 g/mol. The van der Waals surface area contributed by atoms with Gasteiger partial charge in [-0.2, -0.15) is 0 Å². The quantitative estimate of drug-likeness (QED) is 0.403. The topological polar surface area (TPSA) is 32.6 Å². The lowest BCUT2D eigenvalue weighted by atomic mass is 10.1. The second-order valence-electron chi connectivity index (χ2n) is 2.53. The zero-order valence-electron chi connectivity index (χ0n) is 6.94. The Hall–Kier alpha value is -1.57. The van der Waals surface area contributed by atoms with Crippen LogP contribution in [-0.2, 0) is 0 Å². The first-order valence-electron chi connectivity index (χ1n) is 3.73. The molecule has 12 heavy (non-hydrogen) atoms. The molecule has 1 rings (SSSR count). The first-order chi connectivity index (χ1) is 5.83. The van der Waals surface area contributed by atoms with Crippen LogP contribution in [0.25, 0.3) is 6.08 Å². The molecule has 0 saturated carbocycles. The highest BCUT2D eigenvalue weighted by Crippen LogP contribution is 2.03. The molecule has 1 aromatic carbocycles. The fraction of sp³-hybridized carbons (Fsp3) is 0.100. The molecule has 0 bridgehead atoms. The maximum atomic E-state index is 8.11. The lowest BCUT2D eigenvalue weighted by molar-refractivity contribution is 0.322. The number of aryl methyl sites for hydroxylation is 1. The van der Waals surface area contributed by atoms with Crippen molar-refractivity contribution >= 4 is 12.3 Å². The fourth-order valence-corrected chi connectivity index (χ4v) is 0.870. The van der Waals surface area contributed by atoms with Crippen LogP contribution in [0.5, 0.6) is 0 Å². The summed E-state index contributed by atoms with van der Waals surface area (Å²) in [7, 11) is 0. The van der Waals surface area contributed by atoms with E-state index in [0.29, 0.717) is 0 Å². The zero-order valence-corrected chi connectivity index (χ0v) is 6.94. The third-order valence-corrected chi connectivity index (χ3v) is 1.52. The Kier molecular flexibility index (Phi) is 3.08. The standard InChI is InChI=1S/C10H11NO/c1-9-4-6-10(7-5-9)3-2-8-11-12/h2-8,12H,1H3. The SMILES string of the molecule is Cc1ccc(C=CC=NO)cc1. The Morgan fingerprint density at radius 3 is 2.50 bits per heavy atom. The smallest absolute Gasteiger partial charge is 0.0661 e. The summed E-state index contributed by atoms with van der Waals surface area (Å²) in [6.45, 7) is 2.04. The van der Waals surface area contributed by atoms with Crippen LogP contribution >= 0.6 is 0 Å². The van der Waals surface area contributed by atoms with Crippen LogP contribution in [0.2, 0.25) is 0 Å². The van der Waals surface area contributed by atoms with Crippen LogP contribution in [0.15, 0.2) is 35.5 Å². The van der Waals surface area contributed by atoms with E-state index in [1.165, 1.54) is 11.8 Å². The van der Waals surface area contributed by atoms with Crippen molar-refractivity contribution in [2.45, 2.75) is 6.92 Å². The summed E-state index contributed by atoms with van der Waals surface area (Å²) in [4.78, 5) is 0.